The fraction of sp³-hybridized carbons (Fsp3) is 0.412. The van der Waals surface area contributed by atoms with Gasteiger partial charge in [0.15, 0.2) is 5.88 Å². The van der Waals surface area contributed by atoms with Crippen molar-refractivity contribution in [2.24, 2.45) is 0 Å². The molecule has 0 amide bonds. The molecule has 21 heavy (non-hydrogen) atoms. The quantitative estimate of drug-likeness (QED) is 0.917. The van der Waals surface area contributed by atoms with E-state index in [4.69, 9.17) is 9.15 Å². The van der Waals surface area contributed by atoms with Crippen molar-refractivity contribution >= 4 is 5.88 Å². The van der Waals surface area contributed by atoms with Crippen molar-refractivity contribution in [1.29, 1.82) is 0 Å². The van der Waals surface area contributed by atoms with E-state index in [0.29, 0.717) is 6.04 Å². The van der Waals surface area contributed by atoms with Gasteiger partial charge in [0.1, 0.15) is 5.76 Å². The van der Waals surface area contributed by atoms with E-state index in [2.05, 4.69) is 53.5 Å². The number of rotatable bonds is 5. The summed E-state index contributed by atoms with van der Waals surface area (Å²) in [5, 5.41) is 3.49. The second-order valence-corrected chi connectivity index (χ2v) is 5.35. The number of ether oxygens (including phenoxy) is 1. The number of hydrogen-bond acceptors (Lipinski definition) is 4. The van der Waals surface area contributed by atoms with Crippen LogP contribution in [0.3, 0.4) is 0 Å². The highest BCUT2D eigenvalue weighted by Crippen LogP contribution is 2.20. The van der Waals surface area contributed by atoms with Gasteiger partial charge in [0, 0.05) is 25.2 Å². The first-order valence-corrected chi connectivity index (χ1v) is 7.52. The van der Waals surface area contributed by atoms with Gasteiger partial charge in [-0.05, 0) is 18.6 Å². The van der Waals surface area contributed by atoms with Crippen molar-refractivity contribution in [3.63, 3.8) is 0 Å². The van der Waals surface area contributed by atoms with E-state index in [1.165, 1.54) is 5.56 Å². The van der Waals surface area contributed by atoms with Crippen LogP contribution in [0, 0.1) is 0 Å². The number of anilines is 1. The number of furan rings is 1. The summed E-state index contributed by atoms with van der Waals surface area (Å²) >= 11 is 0. The van der Waals surface area contributed by atoms with Crippen molar-refractivity contribution in [1.82, 2.24) is 5.32 Å². The Hall–Kier alpha value is -1.78. The molecule has 112 valence electrons. The van der Waals surface area contributed by atoms with Gasteiger partial charge in [0.05, 0.1) is 19.8 Å². The van der Waals surface area contributed by atoms with Crippen molar-refractivity contribution in [3.8, 4) is 0 Å². The largest absolute Gasteiger partial charge is 0.444 e. The molecule has 1 atom stereocenters. The Morgan fingerprint density at radius 2 is 1.86 bits per heavy atom. The van der Waals surface area contributed by atoms with E-state index in [1.807, 2.05) is 6.07 Å². The lowest BCUT2D eigenvalue weighted by Gasteiger charge is -2.26. The molecule has 1 aliphatic rings. The molecule has 1 aliphatic heterocycles. The average molecular weight is 286 g/mol. The van der Waals surface area contributed by atoms with Crippen LogP contribution >= 0.6 is 0 Å². The van der Waals surface area contributed by atoms with E-state index in [-0.39, 0.29) is 0 Å². The topological polar surface area (TPSA) is 37.6 Å². The molecule has 2 aromatic rings. The lowest BCUT2D eigenvalue weighted by atomic mass is 10.1. The summed E-state index contributed by atoms with van der Waals surface area (Å²) in [6, 6.07) is 14.9. The Balaban J connectivity index is 1.55. The molecule has 0 saturated carbocycles. The molecule has 1 aromatic heterocycles. The van der Waals surface area contributed by atoms with Gasteiger partial charge in [0.25, 0.3) is 0 Å². The molecule has 0 unspecified atom stereocenters. The second kappa shape index (κ2) is 6.78. The van der Waals surface area contributed by atoms with Crippen molar-refractivity contribution in [3.05, 3.63) is 53.8 Å². The van der Waals surface area contributed by atoms with Crippen molar-refractivity contribution in [2.75, 3.05) is 31.2 Å². The van der Waals surface area contributed by atoms with E-state index in [9.17, 15) is 0 Å². The first-order chi connectivity index (χ1) is 10.3. The molecule has 4 heteroatoms. The number of nitrogens with zero attached hydrogens (tertiary/aromatic N) is 1. The summed E-state index contributed by atoms with van der Waals surface area (Å²) in [4.78, 5) is 2.23. The fourth-order valence-corrected chi connectivity index (χ4v) is 2.53. The van der Waals surface area contributed by atoms with Gasteiger partial charge in [-0.15, -0.1) is 0 Å². The molecule has 0 bridgehead atoms. The Morgan fingerprint density at radius 3 is 2.62 bits per heavy atom. The monoisotopic (exact) mass is 286 g/mol. The highest BCUT2D eigenvalue weighted by molar-refractivity contribution is 5.36. The summed E-state index contributed by atoms with van der Waals surface area (Å²) < 4.78 is 11.3. The Kier molecular flexibility index (Phi) is 4.58. The first-order valence-electron chi connectivity index (χ1n) is 7.52. The first kappa shape index (κ1) is 14.2. The van der Waals surface area contributed by atoms with E-state index >= 15 is 0 Å². The van der Waals surface area contributed by atoms with Crippen LogP contribution in [0.2, 0.25) is 0 Å². The molecule has 0 aliphatic carbocycles. The number of morpholine rings is 1. The summed E-state index contributed by atoms with van der Waals surface area (Å²) in [6.07, 6.45) is 0. The van der Waals surface area contributed by atoms with Crippen LogP contribution in [-0.2, 0) is 11.3 Å². The van der Waals surface area contributed by atoms with E-state index < -0.39 is 0 Å². The maximum absolute atomic E-state index is 5.92. The molecular formula is C17H22N2O2. The minimum atomic E-state index is 0.308. The molecule has 1 fully saturated rings. The third-order valence-corrected chi connectivity index (χ3v) is 3.85. The van der Waals surface area contributed by atoms with Crippen molar-refractivity contribution in [2.45, 2.75) is 19.5 Å². The van der Waals surface area contributed by atoms with E-state index in [0.717, 1.165) is 44.5 Å². The lowest BCUT2D eigenvalue weighted by Crippen LogP contribution is -2.35. The maximum atomic E-state index is 5.92. The van der Waals surface area contributed by atoms with Crippen molar-refractivity contribution < 1.29 is 9.15 Å². The Labute approximate surface area is 125 Å². The zero-order chi connectivity index (χ0) is 14.5. The summed E-state index contributed by atoms with van der Waals surface area (Å²) in [6.45, 7) is 6.27. The predicted molar refractivity (Wildman–Crippen MR) is 83.4 cm³/mol. The average Bonchev–Trinajstić information content (AvgIpc) is 3.03. The normalized spacial score (nSPS) is 16.9. The van der Waals surface area contributed by atoms with Crippen LogP contribution < -0.4 is 10.2 Å². The van der Waals surface area contributed by atoms with Crippen LogP contribution in [-0.4, -0.2) is 26.3 Å². The predicted octanol–water partition coefficient (Wildman–Crippen LogP) is 2.97. The van der Waals surface area contributed by atoms with E-state index in [1.54, 1.807) is 0 Å². The van der Waals surface area contributed by atoms with Crippen LogP contribution in [0.1, 0.15) is 24.3 Å². The number of nitrogens with one attached hydrogen (secondary N) is 1. The SMILES string of the molecule is C[C@H](NCc1ccc(N2CCOCC2)o1)c1ccccc1. The van der Waals surface area contributed by atoms with Gasteiger partial charge in [-0.1, -0.05) is 30.3 Å². The highest BCUT2D eigenvalue weighted by atomic mass is 16.5. The number of hydrogen-bond donors (Lipinski definition) is 1. The molecule has 1 saturated heterocycles. The molecule has 3 rings (SSSR count). The summed E-state index contributed by atoms with van der Waals surface area (Å²) in [5.41, 5.74) is 1.29. The summed E-state index contributed by atoms with van der Waals surface area (Å²) in [7, 11) is 0. The lowest BCUT2D eigenvalue weighted by molar-refractivity contribution is 0.120. The minimum Gasteiger partial charge on any atom is -0.444 e. The zero-order valence-corrected chi connectivity index (χ0v) is 12.4. The van der Waals surface area contributed by atoms with Crippen LogP contribution in [0.4, 0.5) is 5.88 Å². The number of benzene rings is 1. The van der Waals surface area contributed by atoms with Gasteiger partial charge in [0.2, 0.25) is 0 Å². The molecule has 4 nitrogen and oxygen atoms in total. The minimum absolute atomic E-state index is 0.308. The highest BCUT2D eigenvalue weighted by Gasteiger charge is 2.14. The zero-order valence-electron chi connectivity index (χ0n) is 12.4. The second-order valence-electron chi connectivity index (χ2n) is 5.35. The Morgan fingerprint density at radius 1 is 1.10 bits per heavy atom. The molecule has 1 aromatic carbocycles. The molecular weight excluding hydrogens is 264 g/mol. The third kappa shape index (κ3) is 3.65. The smallest absolute Gasteiger partial charge is 0.195 e. The van der Waals surface area contributed by atoms with Gasteiger partial charge < -0.3 is 19.4 Å². The molecule has 1 N–H and O–H groups in total. The third-order valence-electron chi connectivity index (χ3n) is 3.85. The molecule has 2 heterocycles. The van der Waals surface area contributed by atoms with Crippen LogP contribution in [0.5, 0.6) is 0 Å². The fourth-order valence-electron chi connectivity index (χ4n) is 2.53. The van der Waals surface area contributed by atoms with Gasteiger partial charge in [-0.2, -0.15) is 0 Å². The Bertz CT molecular complexity index is 547. The van der Waals surface area contributed by atoms with Gasteiger partial charge in [-0.3, -0.25) is 0 Å². The molecule has 0 radical (unpaired) electrons. The van der Waals surface area contributed by atoms with Crippen LogP contribution in [0.15, 0.2) is 46.9 Å². The maximum Gasteiger partial charge on any atom is 0.195 e. The van der Waals surface area contributed by atoms with Gasteiger partial charge >= 0.3 is 0 Å². The summed E-state index contributed by atoms with van der Waals surface area (Å²) in [5.74, 6) is 1.92. The van der Waals surface area contributed by atoms with Gasteiger partial charge in [-0.25, -0.2) is 0 Å². The molecule has 0 spiro atoms. The van der Waals surface area contributed by atoms with Crippen LogP contribution in [0.25, 0.3) is 0 Å². The standard InChI is InChI=1S/C17H22N2O2/c1-14(15-5-3-2-4-6-15)18-13-16-7-8-17(21-16)19-9-11-20-12-10-19/h2-8,14,18H,9-13H2,1H3/t14-/m0/s1.